The Kier molecular flexibility index (Phi) is 6.89. The van der Waals surface area contributed by atoms with Crippen molar-refractivity contribution in [2.24, 2.45) is 11.3 Å². The molecule has 0 radical (unpaired) electrons. The molecule has 0 aliphatic heterocycles. The van der Waals surface area contributed by atoms with Crippen LogP contribution in [0.15, 0.2) is 47.4 Å². The molecule has 2 atom stereocenters. The Bertz CT molecular complexity index is 1290. The van der Waals surface area contributed by atoms with Crippen molar-refractivity contribution >= 4 is 27.3 Å². The van der Waals surface area contributed by atoms with Crippen LogP contribution in [0.1, 0.15) is 62.5 Å². The van der Waals surface area contributed by atoms with Crippen LogP contribution in [0.4, 0.5) is 13.2 Å². The smallest absolute Gasteiger partial charge is 0.254 e. The molecule has 0 unspecified atom stereocenters. The lowest BCUT2D eigenvalue weighted by Gasteiger charge is -2.39. The summed E-state index contributed by atoms with van der Waals surface area (Å²) in [6, 6.07) is 10.7. The van der Waals surface area contributed by atoms with Crippen LogP contribution >= 0.6 is 11.6 Å². The molecule has 3 aliphatic carbocycles. The van der Waals surface area contributed by atoms with E-state index in [-0.39, 0.29) is 29.8 Å². The van der Waals surface area contributed by atoms with Gasteiger partial charge in [-0.05, 0) is 80.8 Å². The highest BCUT2D eigenvalue weighted by Gasteiger charge is 2.70. The molecule has 4 nitrogen and oxygen atoms in total. The van der Waals surface area contributed by atoms with Crippen LogP contribution in [0.2, 0.25) is 5.02 Å². The average Bonchev–Trinajstić information content (AvgIpc) is 3.18. The fraction of sp³-hybridized carbons (Fsp3) is 0.536. The lowest BCUT2D eigenvalue weighted by molar-refractivity contribution is -0.139. The van der Waals surface area contributed by atoms with E-state index < -0.39 is 38.2 Å². The SMILES string of the molecule is Cc1ccc(S(=O)(=O)[C@H]2CCC[C@@H]2C(=O)N(Cc2ccc(Cl)cc2)C2CCC3(CC2)CC3(F)F)cc1F. The minimum absolute atomic E-state index is 0.0894. The van der Waals surface area contributed by atoms with Gasteiger partial charge < -0.3 is 4.90 Å². The van der Waals surface area contributed by atoms with Crippen molar-refractivity contribution in [3.8, 4) is 0 Å². The van der Waals surface area contributed by atoms with Crippen LogP contribution < -0.4 is 0 Å². The number of aryl methyl sites for hydroxylation is 1. The number of hydrogen-bond donors (Lipinski definition) is 0. The average molecular weight is 554 g/mol. The Morgan fingerprint density at radius 2 is 1.70 bits per heavy atom. The molecule has 2 aromatic rings. The van der Waals surface area contributed by atoms with E-state index in [0.29, 0.717) is 55.5 Å². The summed E-state index contributed by atoms with van der Waals surface area (Å²) < 4.78 is 69.3. The van der Waals surface area contributed by atoms with Gasteiger partial charge in [-0.25, -0.2) is 21.6 Å². The summed E-state index contributed by atoms with van der Waals surface area (Å²) in [7, 11) is -3.94. The highest BCUT2D eigenvalue weighted by molar-refractivity contribution is 7.92. The predicted molar refractivity (Wildman–Crippen MR) is 136 cm³/mol. The maximum Gasteiger partial charge on any atom is 0.254 e. The number of nitrogens with zero attached hydrogens (tertiary/aromatic N) is 1. The summed E-state index contributed by atoms with van der Waals surface area (Å²) in [5.41, 5.74) is 0.254. The minimum atomic E-state index is -3.94. The van der Waals surface area contributed by atoms with E-state index in [1.54, 1.807) is 24.0 Å². The quantitative estimate of drug-likeness (QED) is 0.399. The molecule has 0 bridgehead atoms. The Morgan fingerprint density at radius 1 is 1.05 bits per heavy atom. The van der Waals surface area contributed by atoms with E-state index >= 15 is 0 Å². The maximum atomic E-state index is 14.2. The summed E-state index contributed by atoms with van der Waals surface area (Å²) in [6.45, 7) is 1.82. The molecule has 0 saturated heterocycles. The van der Waals surface area contributed by atoms with Crippen LogP contribution in [-0.2, 0) is 21.2 Å². The van der Waals surface area contributed by atoms with Crippen molar-refractivity contribution < 1.29 is 26.4 Å². The van der Waals surface area contributed by atoms with Gasteiger partial charge >= 0.3 is 0 Å². The van der Waals surface area contributed by atoms with Gasteiger partial charge in [0.25, 0.3) is 5.92 Å². The number of amides is 1. The second-order valence-corrected chi connectivity index (χ2v) is 13.6. The molecular weight excluding hydrogens is 523 g/mol. The van der Waals surface area contributed by atoms with Gasteiger partial charge in [0.1, 0.15) is 5.82 Å². The molecule has 3 fully saturated rings. The van der Waals surface area contributed by atoms with Crippen molar-refractivity contribution in [2.75, 3.05) is 0 Å². The summed E-state index contributed by atoms with van der Waals surface area (Å²) >= 11 is 6.03. The van der Waals surface area contributed by atoms with Crippen molar-refractivity contribution in [1.82, 2.24) is 4.90 Å². The van der Waals surface area contributed by atoms with Crippen molar-refractivity contribution in [3.63, 3.8) is 0 Å². The fourth-order valence-electron chi connectivity index (χ4n) is 6.28. The van der Waals surface area contributed by atoms with Gasteiger partial charge in [-0.3, -0.25) is 4.79 Å². The van der Waals surface area contributed by atoms with Crippen LogP contribution in [0.3, 0.4) is 0 Å². The highest BCUT2D eigenvalue weighted by Crippen LogP contribution is 2.67. The Hall–Kier alpha value is -2.06. The van der Waals surface area contributed by atoms with Gasteiger partial charge in [-0.15, -0.1) is 0 Å². The van der Waals surface area contributed by atoms with Gasteiger partial charge in [0.15, 0.2) is 9.84 Å². The van der Waals surface area contributed by atoms with Gasteiger partial charge in [0, 0.05) is 29.4 Å². The Balaban J connectivity index is 1.41. The fourth-order valence-corrected chi connectivity index (χ4v) is 8.44. The molecule has 1 amide bonds. The number of carbonyl (C=O) groups excluding carboxylic acids is 1. The van der Waals surface area contributed by atoms with Crippen LogP contribution in [-0.4, -0.2) is 36.4 Å². The number of halogens is 4. The second kappa shape index (κ2) is 9.60. The zero-order valence-electron chi connectivity index (χ0n) is 20.7. The Morgan fingerprint density at radius 3 is 2.30 bits per heavy atom. The lowest BCUT2D eigenvalue weighted by atomic mass is 9.81. The van der Waals surface area contributed by atoms with E-state index in [4.69, 9.17) is 11.6 Å². The van der Waals surface area contributed by atoms with Gasteiger partial charge in [-0.2, -0.15) is 0 Å². The minimum Gasteiger partial charge on any atom is -0.335 e. The molecule has 0 aromatic heterocycles. The number of carbonyl (C=O) groups is 1. The molecule has 1 spiro atoms. The summed E-state index contributed by atoms with van der Waals surface area (Å²) in [5.74, 6) is -4.26. The largest absolute Gasteiger partial charge is 0.335 e. The molecule has 37 heavy (non-hydrogen) atoms. The highest BCUT2D eigenvalue weighted by atomic mass is 35.5. The molecule has 2 aromatic carbocycles. The first-order valence-electron chi connectivity index (χ1n) is 12.9. The zero-order chi connectivity index (χ0) is 26.6. The number of hydrogen-bond acceptors (Lipinski definition) is 3. The third kappa shape index (κ3) is 4.91. The third-order valence-corrected chi connectivity index (χ3v) is 11.3. The second-order valence-electron chi connectivity index (χ2n) is 11.0. The predicted octanol–water partition coefficient (Wildman–Crippen LogP) is 6.73. The van der Waals surface area contributed by atoms with Crippen LogP contribution in [0.5, 0.6) is 0 Å². The van der Waals surface area contributed by atoms with Gasteiger partial charge in [0.05, 0.1) is 16.1 Å². The standard InChI is InChI=1S/C28H31ClF3NO3S/c1-18-5-10-22(15-24(18)30)37(35,36)25-4-2-3-23(25)26(34)33(16-19-6-8-20(29)9-7-19)21-11-13-27(14-12-21)17-28(27,31)32/h5-10,15,21,23,25H,2-4,11-14,16-17H2,1H3/t21?,23-,25-,27?/m0/s1. The van der Waals surface area contributed by atoms with E-state index in [2.05, 4.69) is 0 Å². The van der Waals surface area contributed by atoms with Crippen molar-refractivity contribution in [2.45, 2.75) is 86.9 Å². The number of rotatable bonds is 6. The first kappa shape index (κ1) is 26.5. The van der Waals surface area contributed by atoms with E-state index in [9.17, 15) is 26.4 Å². The van der Waals surface area contributed by atoms with E-state index in [1.807, 2.05) is 12.1 Å². The number of alkyl halides is 2. The lowest BCUT2D eigenvalue weighted by Crippen LogP contribution is -2.47. The van der Waals surface area contributed by atoms with Gasteiger partial charge in [0.2, 0.25) is 5.91 Å². The van der Waals surface area contributed by atoms with Crippen molar-refractivity contribution in [3.05, 3.63) is 64.4 Å². The van der Waals surface area contributed by atoms with E-state index in [0.717, 1.165) is 11.6 Å². The monoisotopic (exact) mass is 553 g/mol. The summed E-state index contributed by atoms with van der Waals surface area (Å²) in [4.78, 5) is 15.6. The van der Waals surface area contributed by atoms with Crippen LogP contribution in [0.25, 0.3) is 0 Å². The molecule has 5 rings (SSSR count). The molecule has 0 N–H and O–H groups in total. The summed E-state index contributed by atoms with van der Waals surface area (Å²) in [6.07, 6.45) is 2.85. The third-order valence-electron chi connectivity index (χ3n) is 8.75. The normalized spacial score (nSPS) is 28.8. The van der Waals surface area contributed by atoms with Gasteiger partial charge in [-0.1, -0.05) is 36.2 Å². The maximum absolute atomic E-state index is 14.2. The molecule has 3 aliphatic rings. The molecule has 9 heteroatoms. The number of benzene rings is 2. The Labute approximate surface area is 221 Å². The molecule has 3 saturated carbocycles. The molecular formula is C28H31ClF3NO3S. The van der Waals surface area contributed by atoms with E-state index in [1.165, 1.54) is 12.1 Å². The first-order chi connectivity index (χ1) is 17.4. The van der Waals surface area contributed by atoms with Crippen LogP contribution in [0, 0.1) is 24.1 Å². The summed E-state index contributed by atoms with van der Waals surface area (Å²) in [5, 5.41) is -0.387. The molecule has 0 heterocycles. The zero-order valence-corrected chi connectivity index (χ0v) is 22.3. The topological polar surface area (TPSA) is 54.5 Å². The van der Waals surface area contributed by atoms with Crippen molar-refractivity contribution in [1.29, 1.82) is 0 Å². The number of sulfone groups is 1. The first-order valence-corrected chi connectivity index (χ1v) is 14.8. The molecule has 200 valence electrons.